The third-order valence-electron chi connectivity index (χ3n) is 3.48. The summed E-state index contributed by atoms with van der Waals surface area (Å²) < 4.78 is 0. The van der Waals surface area contributed by atoms with Crippen LogP contribution in [0, 0.1) is 0 Å². The molecule has 3 rings (SSSR count). The fourth-order valence-corrected chi connectivity index (χ4v) is 2.78. The summed E-state index contributed by atoms with van der Waals surface area (Å²) in [6.45, 7) is 0. The van der Waals surface area contributed by atoms with Crippen LogP contribution in [0.3, 0.4) is 0 Å². The lowest BCUT2D eigenvalue weighted by Crippen LogP contribution is -2.34. The summed E-state index contributed by atoms with van der Waals surface area (Å²) in [5.41, 5.74) is -0.687. The maximum atomic E-state index is 11.6. The summed E-state index contributed by atoms with van der Waals surface area (Å²) in [7, 11) is 0. The fourth-order valence-electron chi connectivity index (χ4n) is 2.46. The van der Waals surface area contributed by atoms with Gasteiger partial charge in [-0.3, -0.25) is 14.9 Å². The average Bonchev–Trinajstić information content (AvgIpc) is 2.93. The second-order valence-electron chi connectivity index (χ2n) is 4.68. The van der Waals surface area contributed by atoms with E-state index < -0.39 is 35.5 Å². The van der Waals surface area contributed by atoms with Crippen molar-refractivity contribution < 1.29 is 10.2 Å². The van der Waals surface area contributed by atoms with Gasteiger partial charge in [0.15, 0.2) is 5.52 Å². The molecule has 108 valence electrons. The van der Waals surface area contributed by atoms with Gasteiger partial charge < -0.3 is 20.5 Å². The van der Waals surface area contributed by atoms with E-state index in [9.17, 15) is 19.8 Å². The van der Waals surface area contributed by atoms with E-state index in [0.29, 0.717) is 11.4 Å². The largest absolute Gasteiger partial charge is 0.389 e. The van der Waals surface area contributed by atoms with Crippen LogP contribution >= 0.6 is 12.6 Å². The zero-order chi connectivity index (χ0) is 14.4. The van der Waals surface area contributed by atoms with Crippen LogP contribution in [-0.4, -0.2) is 54.4 Å². The SMILES string of the molecule is O=c1[nH]c(=O)c2n[nH]c([C@@H]3N[C@H](CS)[C@@H](O)[C@H]3O)c2[nH]1. The normalized spacial score (nSPS) is 30.1. The number of fused-ring (bicyclic) bond motifs is 1. The number of aromatic nitrogens is 4. The highest BCUT2D eigenvalue weighted by molar-refractivity contribution is 7.80. The molecule has 10 heteroatoms. The Hall–Kier alpha value is -1.62. The van der Waals surface area contributed by atoms with Gasteiger partial charge in [0.2, 0.25) is 0 Å². The average molecular weight is 299 g/mol. The van der Waals surface area contributed by atoms with Gasteiger partial charge in [0.05, 0.1) is 23.4 Å². The van der Waals surface area contributed by atoms with Crippen LogP contribution in [0.2, 0.25) is 0 Å². The maximum absolute atomic E-state index is 11.6. The molecule has 0 aromatic carbocycles. The molecule has 1 aliphatic rings. The Kier molecular flexibility index (Phi) is 3.17. The number of nitrogens with one attached hydrogen (secondary N) is 4. The van der Waals surface area contributed by atoms with Gasteiger partial charge in [-0.1, -0.05) is 0 Å². The van der Waals surface area contributed by atoms with Crippen LogP contribution in [-0.2, 0) is 0 Å². The highest BCUT2D eigenvalue weighted by atomic mass is 32.1. The maximum Gasteiger partial charge on any atom is 0.326 e. The van der Waals surface area contributed by atoms with E-state index in [1.54, 1.807) is 0 Å². The lowest BCUT2D eigenvalue weighted by atomic mass is 10.1. The van der Waals surface area contributed by atoms with E-state index in [1.165, 1.54) is 0 Å². The van der Waals surface area contributed by atoms with Crippen LogP contribution in [0.5, 0.6) is 0 Å². The van der Waals surface area contributed by atoms with Crippen LogP contribution in [0.4, 0.5) is 0 Å². The van der Waals surface area contributed by atoms with Crippen molar-refractivity contribution >= 4 is 23.7 Å². The number of hydrogen-bond donors (Lipinski definition) is 7. The number of H-pyrrole nitrogens is 3. The Bertz CT molecular complexity index is 752. The van der Waals surface area contributed by atoms with Gasteiger partial charge in [0.25, 0.3) is 5.56 Å². The van der Waals surface area contributed by atoms with Gasteiger partial charge in [-0.05, 0) is 0 Å². The third kappa shape index (κ3) is 1.88. The molecule has 1 aliphatic heterocycles. The van der Waals surface area contributed by atoms with E-state index >= 15 is 0 Å². The van der Waals surface area contributed by atoms with E-state index in [-0.39, 0.29) is 11.0 Å². The quantitative estimate of drug-likeness (QED) is 0.308. The minimum Gasteiger partial charge on any atom is -0.389 e. The molecule has 0 bridgehead atoms. The van der Waals surface area contributed by atoms with Crippen LogP contribution < -0.4 is 16.6 Å². The van der Waals surface area contributed by atoms with Gasteiger partial charge in [0.1, 0.15) is 6.10 Å². The molecular formula is C10H13N5O4S. The van der Waals surface area contributed by atoms with Crippen LogP contribution in [0.25, 0.3) is 11.0 Å². The van der Waals surface area contributed by atoms with Gasteiger partial charge >= 0.3 is 5.69 Å². The predicted molar refractivity (Wildman–Crippen MR) is 72.9 cm³/mol. The first-order valence-corrected chi connectivity index (χ1v) is 6.59. The molecule has 2 aromatic heterocycles. The van der Waals surface area contributed by atoms with E-state index in [1.807, 2.05) is 0 Å². The Balaban J connectivity index is 2.12. The molecule has 0 aliphatic carbocycles. The highest BCUT2D eigenvalue weighted by Gasteiger charge is 2.42. The number of nitrogens with zero attached hydrogens (tertiary/aromatic N) is 1. The topological polar surface area (TPSA) is 147 Å². The van der Waals surface area contributed by atoms with Gasteiger partial charge in [-0.15, -0.1) is 0 Å². The molecule has 0 spiro atoms. The number of thiol groups is 1. The Labute approximate surface area is 116 Å². The second kappa shape index (κ2) is 4.74. The summed E-state index contributed by atoms with van der Waals surface area (Å²) in [4.78, 5) is 27.5. The summed E-state index contributed by atoms with van der Waals surface area (Å²) >= 11 is 4.09. The molecule has 1 saturated heterocycles. The summed E-state index contributed by atoms with van der Waals surface area (Å²) in [5, 5.41) is 29.4. The molecule has 4 atom stereocenters. The van der Waals surface area contributed by atoms with Crippen molar-refractivity contribution in [2.24, 2.45) is 0 Å². The molecule has 20 heavy (non-hydrogen) atoms. The molecule has 3 heterocycles. The molecule has 0 unspecified atom stereocenters. The minimum atomic E-state index is -1.10. The third-order valence-corrected chi connectivity index (χ3v) is 3.87. The first kappa shape index (κ1) is 13.4. The van der Waals surface area contributed by atoms with E-state index in [2.05, 4.69) is 38.1 Å². The van der Waals surface area contributed by atoms with E-state index in [0.717, 1.165) is 0 Å². The van der Waals surface area contributed by atoms with Gasteiger partial charge in [-0.25, -0.2) is 4.79 Å². The molecule has 0 radical (unpaired) electrons. The number of hydrogen-bond acceptors (Lipinski definition) is 7. The minimum absolute atomic E-state index is 0.0393. The van der Waals surface area contributed by atoms with Crippen molar-refractivity contribution in [1.29, 1.82) is 0 Å². The van der Waals surface area contributed by atoms with Crippen LogP contribution in [0.15, 0.2) is 9.59 Å². The van der Waals surface area contributed by atoms with Crippen molar-refractivity contribution in [3.05, 3.63) is 26.5 Å². The fraction of sp³-hybridized carbons (Fsp3) is 0.500. The summed E-state index contributed by atoms with van der Waals surface area (Å²) in [6.07, 6.45) is -2.09. The van der Waals surface area contributed by atoms with Crippen molar-refractivity contribution in [2.45, 2.75) is 24.3 Å². The number of aliphatic hydroxyl groups is 2. The molecule has 1 fully saturated rings. The Morgan fingerprint density at radius 2 is 1.95 bits per heavy atom. The predicted octanol–water partition coefficient (Wildman–Crippen LogP) is -2.40. The summed E-state index contributed by atoms with van der Waals surface area (Å²) in [6, 6.07) is -1.07. The molecule has 2 aromatic rings. The van der Waals surface area contributed by atoms with Crippen molar-refractivity contribution in [2.75, 3.05) is 5.75 Å². The first-order valence-electron chi connectivity index (χ1n) is 5.96. The smallest absolute Gasteiger partial charge is 0.326 e. The van der Waals surface area contributed by atoms with Crippen molar-refractivity contribution in [3.63, 3.8) is 0 Å². The zero-order valence-corrected chi connectivity index (χ0v) is 11.0. The summed E-state index contributed by atoms with van der Waals surface area (Å²) in [5.74, 6) is 0.331. The van der Waals surface area contributed by atoms with Gasteiger partial charge in [-0.2, -0.15) is 17.7 Å². The molecule has 0 saturated carbocycles. The van der Waals surface area contributed by atoms with E-state index in [4.69, 9.17) is 0 Å². The molecule has 6 N–H and O–H groups in total. The Morgan fingerprint density at radius 3 is 2.60 bits per heavy atom. The van der Waals surface area contributed by atoms with Crippen molar-refractivity contribution in [1.82, 2.24) is 25.5 Å². The monoisotopic (exact) mass is 299 g/mol. The number of aromatic amines is 3. The zero-order valence-electron chi connectivity index (χ0n) is 10.1. The Morgan fingerprint density at radius 1 is 1.20 bits per heavy atom. The number of aliphatic hydroxyl groups excluding tert-OH is 2. The standard InChI is InChI=1S/C10H13N5O4S/c16-7-2(1-20)11-5(8(7)17)4-3-6(15-14-4)9(18)13-10(19)12-3/h2,5,7-8,11,16-17,20H,1H2,(H,14,15)(H2,12,13,18,19)/t2-,5+,7-,8+/m1/s1. The lowest BCUT2D eigenvalue weighted by molar-refractivity contribution is 0.0303. The molecule has 9 nitrogen and oxygen atoms in total. The van der Waals surface area contributed by atoms with Crippen molar-refractivity contribution in [3.8, 4) is 0 Å². The molecule has 0 amide bonds. The highest BCUT2D eigenvalue weighted by Crippen LogP contribution is 2.29. The van der Waals surface area contributed by atoms with Crippen LogP contribution in [0.1, 0.15) is 11.7 Å². The molecular weight excluding hydrogens is 286 g/mol. The number of rotatable bonds is 2. The van der Waals surface area contributed by atoms with Gasteiger partial charge in [0, 0.05) is 11.8 Å². The lowest BCUT2D eigenvalue weighted by Gasteiger charge is -2.14. The first-order chi connectivity index (χ1) is 9.52. The second-order valence-corrected chi connectivity index (χ2v) is 5.05.